The average molecular weight is 1150 g/mol. The SMILES string of the molecule is CC[C@H](C)[C@H]1C(=O)N([C@@H](CCCCN)C(=O)NCCCCCCCCCCC(=O)N2CCN(c3nc(NCCCC[C@@H]4SC[C@@H]5NC(=O)N[C@@H]54)nc(N4CCN(C(=O)CN5CC(=O)N(C)[C@@H]([C@@H](C)O)C5=O)CC4)n3)CC2)CC(=O)N1C. The Bertz CT molecular complexity index is 2320. The summed E-state index contributed by atoms with van der Waals surface area (Å²) in [6, 6.07) is -2.05. The van der Waals surface area contributed by atoms with Gasteiger partial charge in [0.05, 0.1) is 18.2 Å². The van der Waals surface area contributed by atoms with E-state index in [9.17, 15) is 43.5 Å². The third kappa shape index (κ3) is 16.7. The van der Waals surface area contributed by atoms with Crippen LogP contribution in [0.2, 0.25) is 0 Å². The number of unbranched alkanes of at least 4 members (excludes halogenated alkanes) is 9. The highest BCUT2D eigenvalue weighted by atomic mass is 32.2. The van der Waals surface area contributed by atoms with E-state index in [1.54, 1.807) is 11.9 Å². The Hall–Kier alpha value is -5.76. The summed E-state index contributed by atoms with van der Waals surface area (Å²) in [6.45, 7) is 10.3. The van der Waals surface area contributed by atoms with Gasteiger partial charge in [0.1, 0.15) is 37.8 Å². The van der Waals surface area contributed by atoms with E-state index >= 15 is 0 Å². The number of anilines is 3. The van der Waals surface area contributed by atoms with E-state index in [1.165, 1.54) is 33.6 Å². The molecule has 0 aliphatic carbocycles. The number of thioether (sulfide) groups is 1. The van der Waals surface area contributed by atoms with Crippen molar-refractivity contribution in [2.45, 2.75) is 165 Å². The smallest absolute Gasteiger partial charge is 0.315 e. The maximum absolute atomic E-state index is 13.6. The number of nitrogens with one attached hydrogen (secondary N) is 4. The molecule has 7 N–H and O–H groups in total. The van der Waals surface area contributed by atoms with Crippen LogP contribution in [0.25, 0.3) is 0 Å². The minimum atomic E-state index is -1.08. The summed E-state index contributed by atoms with van der Waals surface area (Å²) in [7, 11) is 3.16. The second-order valence-corrected chi connectivity index (χ2v) is 24.2. The number of likely N-dealkylation sites (N-methyl/N-ethyl adjacent to an activating group) is 2. The van der Waals surface area contributed by atoms with Crippen molar-refractivity contribution in [3.05, 3.63) is 0 Å². The molecule has 0 spiro atoms. The maximum atomic E-state index is 13.6. The van der Waals surface area contributed by atoms with Gasteiger partial charge in [-0.05, 0) is 64.3 Å². The number of carbonyl (C=O) groups is 8. The first-order chi connectivity index (χ1) is 39.0. The molecular formula is C55H92N16O9S. The monoisotopic (exact) mass is 1150 g/mol. The quantitative estimate of drug-likeness (QED) is 0.0459. The molecular weight excluding hydrogens is 1060 g/mol. The van der Waals surface area contributed by atoms with Gasteiger partial charge in [-0.25, -0.2) is 4.79 Å². The molecule has 6 aliphatic rings. The summed E-state index contributed by atoms with van der Waals surface area (Å²) >= 11 is 1.90. The number of aliphatic hydroxyl groups excluding tert-OH is 1. The topological polar surface area (TPSA) is 296 Å². The Labute approximate surface area is 482 Å². The molecule has 1 aromatic heterocycles. The zero-order valence-corrected chi connectivity index (χ0v) is 49.5. The summed E-state index contributed by atoms with van der Waals surface area (Å²) < 4.78 is 0. The lowest BCUT2D eigenvalue weighted by atomic mass is 9.93. The van der Waals surface area contributed by atoms with Gasteiger partial charge >= 0.3 is 6.03 Å². The van der Waals surface area contributed by atoms with Crippen LogP contribution in [0, 0.1) is 5.92 Å². The molecule has 26 heteroatoms. The highest BCUT2D eigenvalue weighted by molar-refractivity contribution is 8.00. The first-order valence-corrected chi connectivity index (χ1v) is 31.0. The van der Waals surface area contributed by atoms with Gasteiger partial charge < -0.3 is 71.3 Å². The molecule has 7 rings (SSSR count). The number of nitrogens with zero attached hydrogens (tertiary/aromatic N) is 11. The van der Waals surface area contributed by atoms with Crippen LogP contribution in [-0.2, 0) is 33.6 Å². The molecule has 1 aromatic rings. The summed E-state index contributed by atoms with van der Waals surface area (Å²) in [6.07, 6.45) is 12.7. The van der Waals surface area contributed by atoms with Gasteiger partial charge in [-0.2, -0.15) is 26.7 Å². The summed E-state index contributed by atoms with van der Waals surface area (Å²) in [5.74, 6) is 0.882. The standard InChI is InChI=1S/C55H92N16O9S/c1-6-37(2)47-51(79)71(35-44(75)64(47)4)40(19-14-16-22-56)49(77)57-23-17-12-10-8-7-9-11-13-21-42(73)66-25-29-68(30-26-66)53-61-52(58-24-18-15-20-41-46-39(36-81-41)59-55(80)60-46)62-54(63-53)69-31-27-67(28-32-69)45(76)34-70-33-43(74)65(5)48(38(3)72)50(70)78/h37-41,46-48,72H,6-36,56H2,1-5H3,(H,57,77)(H2,59,60,80)(H,58,61,62,63)/t37-,38+,39-,40-,41-,46-,47-,48-/m0/s1. The third-order valence-electron chi connectivity index (χ3n) is 17.1. The van der Waals surface area contributed by atoms with Crippen LogP contribution < -0.4 is 36.8 Å². The highest BCUT2D eigenvalue weighted by Gasteiger charge is 2.45. The number of urea groups is 1. The second-order valence-electron chi connectivity index (χ2n) is 22.9. The Morgan fingerprint density at radius 1 is 0.704 bits per heavy atom. The molecule has 6 fully saturated rings. The molecule has 6 aliphatic heterocycles. The summed E-state index contributed by atoms with van der Waals surface area (Å²) in [5, 5.41) is 23.1. The van der Waals surface area contributed by atoms with Crippen LogP contribution in [0.15, 0.2) is 0 Å². The number of aromatic nitrogens is 3. The Balaban J connectivity index is 0.819. The van der Waals surface area contributed by atoms with E-state index in [4.69, 9.17) is 20.7 Å². The van der Waals surface area contributed by atoms with Gasteiger partial charge in [-0.1, -0.05) is 65.2 Å². The van der Waals surface area contributed by atoms with Crippen LogP contribution in [-0.4, -0.2) is 250 Å². The van der Waals surface area contributed by atoms with Crippen LogP contribution in [0.1, 0.15) is 124 Å². The van der Waals surface area contributed by atoms with Gasteiger partial charge in [0.2, 0.25) is 59.2 Å². The largest absolute Gasteiger partial charge is 0.391 e. The maximum Gasteiger partial charge on any atom is 0.315 e. The van der Waals surface area contributed by atoms with Crippen LogP contribution in [0.3, 0.4) is 0 Å². The molecule has 0 bridgehead atoms. The van der Waals surface area contributed by atoms with E-state index in [0.717, 1.165) is 89.2 Å². The molecule has 7 heterocycles. The van der Waals surface area contributed by atoms with Crippen molar-refractivity contribution in [1.82, 2.24) is 60.3 Å². The van der Waals surface area contributed by atoms with Crippen molar-refractivity contribution in [1.29, 1.82) is 0 Å². The van der Waals surface area contributed by atoms with E-state index in [2.05, 4.69) is 26.2 Å². The fourth-order valence-corrected chi connectivity index (χ4v) is 13.5. The van der Waals surface area contributed by atoms with Crippen LogP contribution in [0.4, 0.5) is 22.6 Å². The van der Waals surface area contributed by atoms with Gasteiger partial charge in [-0.3, -0.25) is 33.6 Å². The lowest BCUT2D eigenvalue weighted by Crippen LogP contribution is -2.64. The van der Waals surface area contributed by atoms with Gasteiger partial charge in [0, 0.05) is 97.0 Å². The highest BCUT2D eigenvalue weighted by Crippen LogP contribution is 2.33. The molecule has 0 saturated carbocycles. The fourth-order valence-electron chi connectivity index (χ4n) is 11.9. The molecule has 9 amide bonds. The molecule has 6 saturated heterocycles. The van der Waals surface area contributed by atoms with E-state index in [0.29, 0.717) is 114 Å². The van der Waals surface area contributed by atoms with E-state index < -0.39 is 30.1 Å². The second kappa shape index (κ2) is 30.5. The third-order valence-corrected chi connectivity index (χ3v) is 18.6. The van der Waals surface area contributed by atoms with Crippen molar-refractivity contribution in [2.75, 3.05) is 127 Å². The first-order valence-electron chi connectivity index (χ1n) is 30.0. The van der Waals surface area contributed by atoms with Crippen molar-refractivity contribution in [3.63, 3.8) is 0 Å². The van der Waals surface area contributed by atoms with Crippen molar-refractivity contribution in [2.24, 2.45) is 11.7 Å². The molecule has 452 valence electrons. The number of amides is 9. The van der Waals surface area contributed by atoms with Crippen molar-refractivity contribution >= 4 is 77.0 Å². The molecule has 81 heavy (non-hydrogen) atoms. The number of aliphatic hydroxyl groups is 1. The Kier molecular flexibility index (Phi) is 23.7. The van der Waals surface area contributed by atoms with E-state index in [-0.39, 0.29) is 79.1 Å². The number of fused-ring (bicyclic) bond motifs is 1. The predicted molar refractivity (Wildman–Crippen MR) is 309 cm³/mol. The van der Waals surface area contributed by atoms with Gasteiger partial charge in [0.25, 0.3) is 0 Å². The van der Waals surface area contributed by atoms with Crippen molar-refractivity contribution < 1.29 is 43.5 Å². The summed E-state index contributed by atoms with van der Waals surface area (Å²) in [5.41, 5.74) is 5.74. The summed E-state index contributed by atoms with van der Waals surface area (Å²) in [4.78, 5) is 133. The number of rotatable bonds is 30. The van der Waals surface area contributed by atoms with Crippen molar-refractivity contribution in [3.8, 4) is 0 Å². The van der Waals surface area contributed by atoms with E-state index in [1.807, 2.05) is 35.4 Å². The lowest BCUT2D eigenvalue weighted by Gasteiger charge is -2.43. The molecule has 0 unspecified atom stereocenters. The first kappa shape index (κ1) is 62.8. The fraction of sp³-hybridized carbons (Fsp3) is 0.800. The van der Waals surface area contributed by atoms with Crippen LogP contribution >= 0.6 is 11.8 Å². The molecule has 0 radical (unpaired) electrons. The lowest BCUT2D eigenvalue weighted by molar-refractivity contribution is -0.161. The molecule has 25 nitrogen and oxygen atoms in total. The number of carbonyl (C=O) groups excluding carboxylic acids is 8. The molecule has 0 aromatic carbocycles. The minimum absolute atomic E-state index is 0.0195. The zero-order valence-electron chi connectivity index (χ0n) is 48.7. The Morgan fingerprint density at radius 3 is 1.93 bits per heavy atom. The number of hydrogen-bond acceptors (Lipinski definition) is 17. The molecule has 8 atom stereocenters. The predicted octanol–water partition coefficient (Wildman–Crippen LogP) is 0.806. The van der Waals surface area contributed by atoms with Crippen LogP contribution in [0.5, 0.6) is 0 Å². The number of hydrogen-bond donors (Lipinski definition) is 6. The average Bonchev–Trinajstić information content (AvgIpc) is 4.23. The van der Waals surface area contributed by atoms with Gasteiger partial charge in [-0.15, -0.1) is 0 Å². The number of piperazine rings is 4. The van der Waals surface area contributed by atoms with Gasteiger partial charge in [0.15, 0.2) is 0 Å². The Morgan fingerprint density at radius 2 is 1.30 bits per heavy atom. The normalized spacial score (nSPS) is 23.6. The minimum Gasteiger partial charge on any atom is -0.391 e. The number of nitrogens with two attached hydrogens (primary N) is 1. The zero-order chi connectivity index (χ0) is 58.2.